The molecule has 0 aliphatic carbocycles. The molecular formula is C11H17NO5S2. The van der Waals surface area contributed by atoms with Gasteiger partial charge in [-0.1, -0.05) is 13.8 Å². The lowest BCUT2D eigenvalue weighted by Crippen LogP contribution is -2.34. The van der Waals surface area contributed by atoms with Crippen molar-refractivity contribution in [1.82, 2.24) is 4.72 Å². The van der Waals surface area contributed by atoms with Gasteiger partial charge in [-0.15, -0.1) is 11.3 Å². The molecule has 0 fully saturated rings. The summed E-state index contributed by atoms with van der Waals surface area (Å²) >= 11 is 0.712. The Morgan fingerprint density at radius 3 is 2.53 bits per heavy atom. The van der Waals surface area contributed by atoms with E-state index in [-0.39, 0.29) is 27.7 Å². The maximum Gasteiger partial charge on any atom is 0.345 e. The van der Waals surface area contributed by atoms with Crippen LogP contribution in [0.25, 0.3) is 0 Å². The quantitative estimate of drug-likeness (QED) is 0.700. The molecule has 1 aromatic rings. The van der Waals surface area contributed by atoms with E-state index in [1.54, 1.807) is 0 Å². The van der Waals surface area contributed by atoms with Gasteiger partial charge in [0.2, 0.25) is 10.0 Å². The monoisotopic (exact) mass is 307 g/mol. The number of carbonyl (C=O) groups is 1. The van der Waals surface area contributed by atoms with Crippen molar-refractivity contribution in [2.45, 2.75) is 24.5 Å². The Morgan fingerprint density at radius 2 is 2.05 bits per heavy atom. The first-order valence-electron chi connectivity index (χ1n) is 5.62. The van der Waals surface area contributed by atoms with Crippen LogP contribution in [0.2, 0.25) is 0 Å². The highest BCUT2D eigenvalue weighted by molar-refractivity contribution is 7.91. The summed E-state index contributed by atoms with van der Waals surface area (Å²) in [6.07, 6.45) is 0.473. The highest BCUT2D eigenvalue weighted by Crippen LogP contribution is 2.23. The number of carboxylic acids is 1. The van der Waals surface area contributed by atoms with E-state index in [1.165, 1.54) is 12.1 Å². The second-order valence-electron chi connectivity index (χ2n) is 4.89. The number of hydrogen-bond acceptors (Lipinski definition) is 5. The van der Waals surface area contributed by atoms with E-state index in [9.17, 15) is 13.2 Å². The van der Waals surface area contributed by atoms with Crippen molar-refractivity contribution in [1.29, 1.82) is 0 Å². The Morgan fingerprint density at radius 1 is 1.42 bits per heavy atom. The maximum absolute atomic E-state index is 12.0. The molecule has 0 atom stereocenters. The van der Waals surface area contributed by atoms with E-state index in [1.807, 2.05) is 13.8 Å². The predicted molar refractivity (Wildman–Crippen MR) is 72.0 cm³/mol. The molecule has 6 nitrogen and oxygen atoms in total. The zero-order valence-electron chi connectivity index (χ0n) is 10.7. The van der Waals surface area contributed by atoms with Crippen molar-refractivity contribution in [2.75, 3.05) is 13.2 Å². The van der Waals surface area contributed by atoms with Crippen molar-refractivity contribution >= 4 is 27.3 Å². The van der Waals surface area contributed by atoms with Crippen molar-refractivity contribution in [3.05, 3.63) is 17.0 Å². The van der Waals surface area contributed by atoms with E-state index >= 15 is 0 Å². The van der Waals surface area contributed by atoms with Crippen LogP contribution >= 0.6 is 11.3 Å². The lowest BCUT2D eigenvalue weighted by Gasteiger charge is -2.23. The molecule has 108 valence electrons. The second kappa shape index (κ2) is 6.00. The number of aromatic carboxylic acids is 1. The Bertz CT molecular complexity index is 547. The molecule has 0 spiro atoms. The number of hydrogen-bond donors (Lipinski definition) is 3. The smallest absolute Gasteiger partial charge is 0.345 e. The summed E-state index contributed by atoms with van der Waals surface area (Å²) in [6, 6.07) is 2.54. The molecule has 0 bridgehead atoms. The summed E-state index contributed by atoms with van der Waals surface area (Å²) in [5.41, 5.74) is -0.366. The van der Waals surface area contributed by atoms with Gasteiger partial charge in [-0.3, -0.25) is 0 Å². The number of rotatable bonds is 7. The van der Waals surface area contributed by atoms with E-state index < -0.39 is 16.0 Å². The lowest BCUT2D eigenvalue weighted by atomic mass is 9.90. The molecule has 0 amide bonds. The van der Waals surface area contributed by atoms with Gasteiger partial charge in [-0.05, 0) is 24.0 Å². The van der Waals surface area contributed by atoms with E-state index in [2.05, 4.69) is 4.72 Å². The highest BCUT2D eigenvalue weighted by Gasteiger charge is 2.23. The van der Waals surface area contributed by atoms with Crippen molar-refractivity contribution in [3.8, 4) is 0 Å². The Hall–Kier alpha value is -0.960. The van der Waals surface area contributed by atoms with Gasteiger partial charge in [0.1, 0.15) is 9.09 Å². The number of aliphatic hydroxyl groups excluding tert-OH is 1. The van der Waals surface area contributed by atoms with Gasteiger partial charge in [-0.2, -0.15) is 0 Å². The van der Waals surface area contributed by atoms with Crippen LogP contribution in [0.5, 0.6) is 0 Å². The van der Waals surface area contributed by atoms with Crippen molar-refractivity contribution in [2.24, 2.45) is 5.41 Å². The summed E-state index contributed by atoms with van der Waals surface area (Å²) in [6.45, 7) is 3.83. The van der Waals surface area contributed by atoms with Crippen LogP contribution in [0.4, 0.5) is 0 Å². The summed E-state index contributed by atoms with van der Waals surface area (Å²) < 4.78 is 26.3. The van der Waals surface area contributed by atoms with Crippen LogP contribution in [0.15, 0.2) is 16.3 Å². The third-order valence-corrected chi connectivity index (χ3v) is 5.55. The van der Waals surface area contributed by atoms with Crippen LogP contribution in [-0.4, -0.2) is 37.8 Å². The van der Waals surface area contributed by atoms with Crippen LogP contribution in [0.3, 0.4) is 0 Å². The summed E-state index contributed by atoms with van der Waals surface area (Å²) in [7, 11) is -3.70. The van der Waals surface area contributed by atoms with E-state index in [0.717, 1.165) is 0 Å². The molecule has 0 saturated heterocycles. The minimum atomic E-state index is -3.70. The number of aliphatic hydroxyl groups is 1. The molecule has 1 heterocycles. The topological polar surface area (TPSA) is 104 Å². The largest absolute Gasteiger partial charge is 0.477 e. The molecule has 0 aliphatic heterocycles. The lowest BCUT2D eigenvalue weighted by molar-refractivity contribution is 0.0702. The van der Waals surface area contributed by atoms with Crippen LogP contribution < -0.4 is 4.72 Å². The Kier molecular flexibility index (Phi) is 5.08. The Labute approximate surface area is 116 Å². The zero-order chi connectivity index (χ0) is 14.7. The number of nitrogens with one attached hydrogen (secondary N) is 1. The molecule has 0 aliphatic rings. The van der Waals surface area contributed by atoms with Gasteiger partial charge in [0.15, 0.2) is 0 Å². The molecule has 1 rings (SSSR count). The summed E-state index contributed by atoms with van der Waals surface area (Å²) in [4.78, 5) is 10.7. The van der Waals surface area contributed by atoms with Gasteiger partial charge < -0.3 is 10.2 Å². The second-order valence-corrected chi connectivity index (χ2v) is 7.96. The van der Waals surface area contributed by atoms with Gasteiger partial charge in [0.25, 0.3) is 0 Å². The fraction of sp³-hybridized carbons (Fsp3) is 0.545. The fourth-order valence-corrected chi connectivity index (χ4v) is 3.76. The third kappa shape index (κ3) is 4.57. The first kappa shape index (κ1) is 16.1. The number of carboxylic acid groups (broad SMARTS) is 1. The molecule has 0 aromatic carbocycles. The molecule has 1 aromatic heterocycles. The minimum absolute atomic E-state index is 0.0170. The van der Waals surface area contributed by atoms with Crippen LogP contribution in [0, 0.1) is 5.41 Å². The van der Waals surface area contributed by atoms with Crippen molar-refractivity contribution in [3.63, 3.8) is 0 Å². The average Bonchev–Trinajstić information content (AvgIpc) is 2.77. The first-order valence-corrected chi connectivity index (χ1v) is 7.91. The molecular weight excluding hydrogens is 290 g/mol. The standard InChI is InChI=1S/C11H17NO5S2/c1-11(2,5-6-13)7-12-19(16,17)9-4-3-8(18-9)10(14)15/h3-4,12-13H,5-7H2,1-2H3,(H,14,15). The number of sulfonamides is 1. The van der Waals surface area contributed by atoms with E-state index in [4.69, 9.17) is 10.2 Å². The van der Waals surface area contributed by atoms with Gasteiger partial charge in [0, 0.05) is 13.2 Å². The van der Waals surface area contributed by atoms with Gasteiger partial charge in [-0.25, -0.2) is 17.9 Å². The van der Waals surface area contributed by atoms with E-state index in [0.29, 0.717) is 17.8 Å². The molecule has 8 heteroatoms. The molecule has 0 saturated carbocycles. The normalized spacial score (nSPS) is 12.6. The SMILES string of the molecule is CC(C)(CCO)CNS(=O)(=O)c1ccc(C(=O)O)s1. The molecule has 0 radical (unpaired) electrons. The molecule has 19 heavy (non-hydrogen) atoms. The van der Waals surface area contributed by atoms with Crippen LogP contribution in [0.1, 0.15) is 29.9 Å². The fourth-order valence-electron chi connectivity index (χ4n) is 1.33. The first-order chi connectivity index (χ1) is 8.68. The number of thiophene rings is 1. The average molecular weight is 307 g/mol. The van der Waals surface area contributed by atoms with Gasteiger partial charge >= 0.3 is 5.97 Å². The predicted octanol–water partition coefficient (Wildman–Crippen LogP) is 1.13. The Balaban J connectivity index is 2.78. The van der Waals surface area contributed by atoms with Gasteiger partial charge in [0.05, 0.1) is 0 Å². The highest BCUT2D eigenvalue weighted by atomic mass is 32.2. The van der Waals surface area contributed by atoms with Crippen LogP contribution in [-0.2, 0) is 10.0 Å². The molecule has 0 unspecified atom stereocenters. The maximum atomic E-state index is 12.0. The summed E-state index contributed by atoms with van der Waals surface area (Å²) in [5, 5.41) is 17.6. The molecule has 3 N–H and O–H groups in total. The minimum Gasteiger partial charge on any atom is -0.477 e. The zero-order valence-corrected chi connectivity index (χ0v) is 12.3. The van der Waals surface area contributed by atoms with Crippen molar-refractivity contribution < 1.29 is 23.4 Å². The third-order valence-electron chi connectivity index (χ3n) is 2.59. The summed E-state index contributed by atoms with van der Waals surface area (Å²) in [5.74, 6) is -1.15.